The normalized spacial score (nSPS) is 26.4. The number of hydrogen-bond donors (Lipinski definition) is 1. The molecule has 2 bridgehead atoms. The minimum absolute atomic E-state index is 0.236. The highest BCUT2D eigenvalue weighted by atomic mass is 16.5. The smallest absolute Gasteiger partial charge is 0.271 e. The van der Waals surface area contributed by atoms with Crippen molar-refractivity contribution in [2.24, 2.45) is 22.9 Å². The molecule has 2 aliphatic rings. The first-order chi connectivity index (χ1) is 10.7. The fraction of sp³-hybridized carbons (Fsp3) is 0.529. The number of carbonyl (C=O) groups excluding carboxylic acids is 1. The van der Waals surface area contributed by atoms with Crippen molar-refractivity contribution >= 4 is 12.1 Å². The quantitative estimate of drug-likeness (QED) is 0.672. The molecule has 3 unspecified atom stereocenters. The second-order valence-electron chi connectivity index (χ2n) is 6.13. The van der Waals surface area contributed by atoms with E-state index in [0.717, 1.165) is 11.8 Å². The number of hydrogen-bond acceptors (Lipinski definition) is 4. The van der Waals surface area contributed by atoms with E-state index in [0.29, 0.717) is 23.0 Å². The second-order valence-corrected chi connectivity index (χ2v) is 6.13. The molecule has 1 aromatic carbocycles. The molecule has 118 valence electrons. The van der Waals surface area contributed by atoms with Gasteiger partial charge in [-0.3, -0.25) is 4.79 Å². The summed E-state index contributed by atoms with van der Waals surface area (Å²) in [6.45, 7) is 0. The molecule has 2 saturated carbocycles. The molecule has 1 amide bonds. The van der Waals surface area contributed by atoms with Gasteiger partial charge in [-0.25, -0.2) is 5.43 Å². The Labute approximate surface area is 130 Å². The van der Waals surface area contributed by atoms with E-state index in [2.05, 4.69) is 10.5 Å². The SMILES string of the molecule is COc1ccc(C(=O)NN=CC2CC3CCC2C3)cc1OC. The van der Waals surface area contributed by atoms with E-state index in [9.17, 15) is 4.79 Å². The molecule has 2 aliphatic carbocycles. The van der Waals surface area contributed by atoms with Crippen molar-refractivity contribution in [3.8, 4) is 11.5 Å². The monoisotopic (exact) mass is 302 g/mol. The van der Waals surface area contributed by atoms with Crippen molar-refractivity contribution in [3.05, 3.63) is 23.8 Å². The number of benzene rings is 1. The van der Waals surface area contributed by atoms with Gasteiger partial charge in [-0.2, -0.15) is 5.10 Å². The number of fused-ring (bicyclic) bond motifs is 2. The number of ether oxygens (including phenoxy) is 2. The van der Waals surface area contributed by atoms with Crippen molar-refractivity contribution in [1.29, 1.82) is 0 Å². The average Bonchev–Trinajstić information content (AvgIpc) is 3.17. The van der Waals surface area contributed by atoms with E-state index in [1.165, 1.54) is 25.7 Å². The number of rotatable bonds is 5. The van der Waals surface area contributed by atoms with Crippen molar-refractivity contribution < 1.29 is 14.3 Å². The van der Waals surface area contributed by atoms with Gasteiger partial charge in [0.25, 0.3) is 5.91 Å². The first-order valence-corrected chi connectivity index (χ1v) is 7.76. The van der Waals surface area contributed by atoms with E-state index in [1.54, 1.807) is 32.4 Å². The standard InChI is InChI=1S/C17H22N2O3/c1-21-15-6-5-13(9-16(15)22-2)17(20)19-18-10-14-8-11-3-4-12(14)7-11/h5-6,9-12,14H,3-4,7-8H2,1-2H3,(H,19,20). The summed E-state index contributed by atoms with van der Waals surface area (Å²) >= 11 is 0. The highest BCUT2D eigenvalue weighted by Gasteiger charge is 2.38. The Kier molecular flexibility index (Phi) is 4.32. The van der Waals surface area contributed by atoms with Crippen LogP contribution in [-0.2, 0) is 0 Å². The number of hydrazone groups is 1. The molecule has 5 heteroatoms. The molecule has 2 fully saturated rings. The molecule has 0 spiro atoms. The third kappa shape index (κ3) is 2.93. The van der Waals surface area contributed by atoms with Gasteiger partial charge < -0.3 is 9.47 Å². The number of nitrogens with one attached hydrogen (secondary N) is 1. The molecule has 0 saturated heterocycles. The van der Waals surface area contributed by atoms with Crippen molar-refractivity contribution in [1.82, 2.24) is 5.43 Å². The molecule has 1 N–H and O–H groups in total. The van der Waals surface area contributed by atoms with Crippen LogP contribution < -0.4 is 14.9 Å². The largest absolute Gasteiger partial charge is 0.493 e. The second kappa shape index (κ2) is 6.38. The number of amides is 1. The minimum Gasteiger partial charge on any atom is -0.493 e. The Hall–Kier alpha value is -2.04. The Morgan fingerprint density at radius 3 is 2.68 bits per heavy atom. The van der Waals surface area contributed by atoms with E-state index >= 15 is 0 Å². The Morgan fingerprint density at radius 1 is 1.23 bits per heavy atom. The van der Waals surface area contributed by atoms with Crippen molar-refractivity contribution in [3.63, 3.8) is 0 Å². The van der Waals surface area contributed by atoms with Crippen LogP contribution in [0.15, 0.2) is 23.3 Å². The van der Waals surface area contributed by atoms with Crippen LogP contribution >= 0.6 is 0 Å². The Bertz CT molecular complexity index is 585. The maximum absolute atomic E-state index is 12.1. The third-order valence-corrected chi connectivity index (χ3v) is 4.87. The van der Waals surface area contributed by atoms with Crippen LogP contribution in [0.3, 0.4) is 0 Å². The zero-order valence-electron chi connectivity index (χ0n) is 13.0. The van der Waals surface area contributed by atoms with Crippen LogP contribution in [0.2, 0.25) is 0 Å². The van der Waals surface area contributed by atoms with Gasteiger partial charge in [0.15, 0.2) is 11.5 Å². The van der Waals surface area contributed by atoms with Gasteiger partial charge in [0.1, 0.15) is 0 Å². The van der Waals surface area contributed by atoms with Crippen molar-refractivity contribution in [2.45, 2.75) is 25.7 Å². The Balaban J connectivity index is 1.60. The molecule has 5 nitrogen and oxygen atoms in total. The van der Waals surface area contributed by atoms with Crippen LogP contribution in [-0.4, -0.2) is 26.3 Å². The third-order valence-electron chi connectivity index (χ3n) is 4.87. The van der Waals surface area contributed by atoms with Crippen LogP contribution in [0, 0.1) is 17.8 Å². The Morgan fingerprint density at radius 2 is 2.05 bits per heavy atom. The molecule has 1 aromatic rings. The molecular weight excluding hydrogens is 280 g/mol. The van der Waals surface area contributed by atoms with Crippen molar-refractivity contribution in [2.75, 3.05) is 14.2 Å². The summed E-state index contributed by atoms with van der Waals surface area (Å²) in [5, 5.41) is 4.15. The lowest BCUT2D eigenvalue weighted by Gasteiger charge is -2.16. The summed E-state index contributed by atoms with van der Waals surface area (Å²) in [6.07, 6.45) is 7.15. The molecule has 0 aromatic heterocycles. The molecule has 3 atom stereocenters. The van der Waals surface area contributed by atoms with Gasteiger partial charge >= 0.3 is 0 Å². The van der Waals surface area contributed by atoms with E-state index in [4.69, 9.17) is 9.47 Å². The van der Waals surface area contributed by atoms with Gasteiger partial charge in [-0.15, -0.1) is 0 Å². The lowest BCUT2D eigenvalue weighted by Crippen LogP contribution is -2.20. The zero-order chi connectivity index (χ0) is 15.5. The average molecular weight is 302 g/mol. The summed E-state index contributed by atoms with van der Waals surface area (Å²) in [4.78, 5) is 12.1. The van der Waals surface area contributed by atoms with Gasteiger partial charge in [0.05, 0.1) is 14.2 Å². The lowest BCUT2D eigenvalue weighted by molar-refractivity contribution is 0.0954. The topological polar surface area (TPSA) is 59.9 Å². The molecule has 3 rings (SSSR count). The highest BCUT2D eigenvalue weighted by molar-refractivity contribution is 5.95. The summed E-state index contributed by atoms with van der Waals surface area (Å²) in [6, 6.07) is 5.07. The van der Waals surface area contributed by atoms with Gasteiger partial charge in [-0.1, -0.05) is 6.42 Å². The summed E-state index contributed by atoms with van der Waals surface area (Å²) < 4.78 is 10.4. The van der Waals surface area contributed by atoms with E-state index in [1.807, 2.05) is 6.21 Å². The van der Waals surface area contributed by atoms with Gasteiger partial charge in [0, 0.05) is 11.8 Å². The minimum atomic E-state index is -0.236. The van der Waals surface area contributed by atoms with E-state index in [-0.39, 0.29) is 5.91 Å². The summed E-state index contributed by atoms with van der Waals surface area (Å²) in [5.41, 5.74) is 3.11. The highest BCUT2D eigenvalue weighted by Crippen LogP contribution is 2.47. The number of carbonyl (C=O) groups is 1. The van der Waals surface area contributed by atoms with Crippen LogP contribution in [0.25, 0.3) is 0 Å². The fourth-order valence-electron chi connectivity index (χ4n) is 3.71. The maximum atomic E-state index is 12.1. The maximum Gasteiger partial charge on any atom is 0.271 e. The predicted molar refractivity (Wildman–Crippen MR) is 84.4 cm³/mol. The molecule has 22 heavy (non-hydrogen) atoms. The van der Waals surface area contributed by atoms with Crippen LogP contribution in [0.5, 0.6) is 11.5 Å². The van der Waals surface area contributed by atoms with Gasteiger partial charge in [0.2, 0.25) is 0 Å². The predicted octanol–water partition coefficient (Wildman–Crippen LogP) is 2.86. The molecular formula is C17H22N2O3. The zero-order valence-corrected chi connectivity index (χ0v) is 13.0. The first kappa shape index (κ1) is 14.9. The van der Waals surface area contributed by atoms with Crippen LogP contribution in [0.1, 0.15) is 36.0 Å². The fourth-order valence-corrected chi connectivity index (χ4v) is 3.71. The lowest BCUT2D eigenvalue weighted by atomic mass is 9.90. The number of nitrogens with zero attached hydrogens (tertiary/aromatic N) is 1. The summed E-state index contributed by atoms with van der Waals surface area (Å²) in [5.74, 6) is 3.08. The van der Waals surface area contributed by atoms with Crippen LogP contribution in [0.4, 0.5) is 0 Å². The number of methoxy groups -OCH3 is 2. The summed E-state index contributed by atoms with van der Waals surface area (Å²) in [7, 11) is 3.12. The molecule has 0 aliphatic heterocycles. The van der Waals surface area contributed by atoms with Gasteiger partial charge in [-0.05, 0) is 55.2 Å². The van der Waals surface area contributed by atoms with E-state index < -0.39 is 0 Å². The molecule has 0 radical (unpaired) electrons. The first-order valence-electron chi connectivity index (χ1n) is 7.76. The molecule has 0 heterocycles.